The highest BCUT2D eigenvalue weighted by Gasteiger charge is 2.24. The molecular weight excluding hydrogens is 382 g/mol. The Morgan fingerprint density at radius 2 is 1.85 bits per heavy atom. The minimum Gasteiger partial charge on any atom is -0.497 e. The molecule has 1 aromatic heterocycles. The molecule has 0 fully saturated rings. The third-order valence-electron chi connectivity index (χ3n) is 4.47. The quantitative estimate of drug-likeness (QED) is 0.538. The SMILES string of the molecule is COc1ccc(C(=O)NC(=S)Nc2sc3c(c2C(N)=O)CCCCC3)cc1. The number of carbonyl (C=O) groups is 2. The smallest absolute Gasteiger partial charge is 0.257 e. The second-order valence-corrected chi connectivity index (χ2v) is 7.78. The summed E-state index contributed by atoms with van der Waals surface area (Å²) in [5.41, 5.74) is 7.59. The molecule has 1 aliphatic carbocycles. The number of nitrogens with two attached hydrogens (primary N) is 1. The van der Waals surface area contributed by atoms with Gasteiger partial charge in [-0.05, 0) is 67.7 Å². The minimum absolute atomic E-state index is 0.134. The van der Waals surface area contributed by atoms with Gasteiger partial charge in [-0.3, -0.25) is 14.9 Å². The highest BCUT2D eigenvalue weighted by Crippen LogP contribution is 2.37. The van der Waals surface area contributed by atoms with Crippen molar-refractivity contribution >= 4 is 45.5 Å². The predicted molar refractivity (Wildman–Crippen MR) is 111 cm³/mol. The summed E-state index contributed by atoms with van der Waals surface area (Å²) in [4.78, 5) is 25.5. The van der Waals surface area contributed by atoms with Crippen LogP contribution in [0.2, 0.25) is 0 Å². The van der Waals surface area contributed by atoms with Crippen LogP contribution in [0.3, 0.4) is 0 Å². The van der Waals surface area contributed by atoms with Crippen LogP contribution in [0.4, 0.5) is 5.00 Å². The number of rotatable bonds is 4. The van der Waals surface area contributed by atoms with Gasteiger partial charge in [0.15, 0.2) is 5.11 Å². The van der Waals surface area contributed by atoms with Gasteiger partial charge in [0, 0.05) is 10.4 Å². The Hall–Kier alpha value is -2.45. The van der Waals surface area contributed by atoms with Gasteiger partial charge in [0.25, 0.3) is 11.8 Å². The van der Waals surface area contributed by atoms with Gasteiger partial charge < -0.3 is 15.8 Å². The molecule has 8 heteroatoms. The molecule has 0 spiro atoms. The highest BCUT2D eigenvalue weighted by molar-refractivity contribution is 7.80. The van der Waals surface area contributed by atoms with Crippen molar-refractivity contribution in [1.82, 2.24) is 5.32 Å². The third kappa shape index (κ3) is 4.45. The predicted octanol–water partition coefficient (Wildman–Crippen LogP) is 3.25. The zero-order valence-corrected chi connectivity index (χ0v) is 16.6. The number of thiophene rings is 1. The normalized spacial score (nSPS) is 13.2. The van der Waals surface area contributed by atoms with Crippen molar-refractivity contribution in [3.05, 3.63) is 45.8 Å². The van der Waals surface area contributed by atoms with E-state index in [1.165, 1.54) is 16.2 Å². The van der Waals surface area contributed by atoms with Gasteiger partial charge in [0.05, 0.1) is 12.7 Å². The maximum atomic E-state index is 12.3. The van der Waals surface area contributed by atoms with Crippen molar-refractivity contribution in [2.45, 2.75) is 32.1 Å². The summed E-state index contributed by atoms with van der Waals surface area (Å²) in [6.45, 7) is 0. The number of aryl methyl sites for hydroxylation is 1. The van der Waals surface area contributed by atoms with Crippen LogP contribution >= 0.6 is 23.6 Å². The van der Waals surface area contributed by atoms with Gasteiger partial charge in [-0.2, -0.15) is 0 Å². The fraction of sp³-hybridized carbons (Fsp3) is 0.316. The number of nitrogens with one attached hydrogen (secondary N) is 2. The van der Waals surface area contributed by atoms with Crippen molar-refractivity contribution in [1.29, 1.82) is 0 Å². The topological polar surface area (TPSA) is 93.4 Å². The molecule has 142 valence electrons. The van der Waals surface area contributed by atoms with E-state index in [9.17, 15) is 9.59 Å². The number of primary amides is 1. The van der Waals surface area contributed by atoms with Crippen molar-refractivity contribution in [3.8, 4) is 5.75 Å². The average molecular weight is 404 g/mol. The van der Waals surface area contributed by atoms with E-state index in [4.69, 9.17) is 22.7 Å². The van der Waals surface area contributed by atoms with Crippen LogP contribution in [0.25, 0.3) is 0 Å². The Labute approximate surface area is 167 Å². The number of ether oxygens (including phenoxy) is 1. The van der Waals surface area contributed by atoms with Crippen molar-refractivity contribution < 1.29 is 14.3 Å². The number of hydrogen-bond acceptors (Lipinski definition) is 5. The molecule has 1 aliphatic rings. The number of amides is 2. The first-order valence-corrected chi connectivity index (χ1v) is 9.92. The van der Waals surface area contributed by atoms with Gasteiger partial charge >= 0.3 is 0 Å². The van der Waals surface area contributed by atoms with Gasteiger partial charge in [0.1, 0.15) is 10.8 Å². The van der Waals surface area contributed by atoms with E-state index in [-0.39, 0.29) is 11.0 Å². The summed E-state index contributed by atoms with van der Waals surface area (Å²) < 4.78 is 5.08. The molecule has 27 heavy (non-hydrogen) atoms. The second kappa shape index (κ2) is 8.49. The lowest BCUT2D eigenvalue weighted by Crippen LogP contribution is -2.34. The van der Waals surface area contributed by atoms with E-state index in [0.717, 1.165) is 37.7 Å². The van der Waals surface area contributed by atoms with Gasteiger partial charge in [0.2, 0.25) is 0 Å². The van der Waals surface area contributed by atoms with E-state index in [2.05, 4.69) is 10.6 Å². The molecule has 0 saturated heterocycles. The van der Waals surface area contributed by atoms with Crippen LogP contribution < -0.4 is 21.1 Å². The first-order valence-electron chi connectivity index (χ1n) is 8.70. The Morgan fingerprint density at radius 3 is 2.52 bits per heavy atom. The first-order chi connectivity index (χ1) is 13.0. The van der Waals surface area contributed by atoms with E-state index in [1.807, 2.05) is 0 Å². The highest BCUT2D eigenvalue weighted by atomic mass is 32.1. The summed E-state index contributed by atoms with van der Waals surface area (Å²) in [5, 5.41) is 6.36. The lowest BCUT2D eigenvalue weighted by atomic mass is 10.1. The van der Waals surface area contributed by atoms with Crippen molar-refractivity contribution in [3.63, 3.8) is 0 Å². The maximum Gasteiger partial charge on any atom is 0.257 e. The van der Waals surface area contributed by atoms with Crippen molar-refractivity contribution in [2.24, 2.45) is 5.73 Å². The third-order valence-corrected chi connectivity index (χ3v) is 5.89. The van der Waals surface area contributed by atoms with Crippen LogP contribution in [0.1, 0.15) is 50.4 Å². The van der Waals surface area contributed by atoms with E-state index < -0.39 is 5.91 Å². The Bertz CT molecular complexity index is 875. The summed E-state index contributed by atoms with van der Waals surface area (Å²) in [6.07, 6.45) is 5.08. The molecule has 3 rings (SSSR count). The Kier molecular flexibility index (Phi) is 6.08. The molecule has 0 unspecified atom stereocenters. The number of carbonyl (C=O) groups excluding carboxylic acids is 2. The van der Waals surface area contributed by atoms with Crippen LogP contribution in [0.15, 0.2) is 24.3 Å². The zero-order valence-electron chi connectivity index (χ0n) is 15.0. The number of fused-ring (bicyclic) bond motifs is 1. The largest absolute Gasteiger partial charge is 0.497 e. The molecule has 1 heterocycles. The summed E-state index contributed by atoms with van der Waals surface area (Å²) in [7, 11) is 1.56. The fourth-order valence-electron chi connectivity index (χ4n) is 3.14. The van der Waals surface area contributed by atoms with Gasteiger partial charge in [-0.15, -0.1) is 11.3 Å². The summed E-state index contributed by atoms with van der Waals surface area (Å²) in [6, 6.07) is 6.71. The monoisotopic (exact) mass is 403 g/mol. The molecule has 0 bridgehead atoms. The van der Waals surface area contributed by atoms with Crippen LogP contribution in [0, 0.1) is 0 Å². The number of benzene rings is 1. The zero-order chi connectivity index (χ0) is 19.4. The van der Waals surface area contributed by atoms with E-state index >= 15 is 0 Å². The maximum absolute atomic E-state index is 12.3. The molecule has 2 aromatic rings. The molecule has 1 aromatic carbocycles. The molecule has 0 aliphatic heterocycles. The lowest BCUT2D eigenvalue weighted by Gasteiger charge is -2.10. The number of hydrogen-bond donors (Lipinski definition) is 3. The number of thiocarbonyl (C=S) groups is 1. The summed E-state index contributed by atoms with van der Waals surface area (Å²) >= 11 is 6.75. The van der Waals surface area contributed by atoms with Gasteiger partial charge in [-0.1, -0.05) is 6.42 Å². The summed E-state index contributed by atoms with van der Waals surface area (Å²) in [5.74, 6) is -0.145. The Balaban J connectivity index is 1.73. The fourth-order valence-corrected chi connectivity index (χ4v) is 4.70. The molecule has 4 N–H and O–H groups in total. The standard InChI is InChI=1S/C19H21N3O3S2/c1-25-12-9-7-11(8-10-12)17(24)21-19(26)22-18-15(16(20)23)13-5-3-2-4-6-14(13)27-18/h7-10H,2-6H2,1H3,(H2,20,23)(H2,21,22,24,26). The molecule has 2 amide bonds. The second-order valence-electron chi connectivity index (χ2n) is 6.27. The van der Waals surface area contributed by atoms with Crippen LogP contribution in [0.5, 0.6) is 5.75 Å². The number of methoxy groups -OCH3 is 1. The minimum atomic E-state index is -0.471. The molecule has 6 nitrogen and oxygen atoms in total. The molecule has 0 radical (unpaired) electrons. The van der Waals surface area contributed by atoms with Crippen LogP contribution in [-0.4, -0.2) is 24.0 Å². The lowest BCUT2D eigenvalue weighted by molar-refractivity contribution is 0.0975. The molecular formula is C19H21N3O3S2. The van der Waals surface area contributed by atoms with E-state index in [0.29, 0.717) is 21.9 Å². The average Bonchev–Trinajstić information content (AvgIpc) is 2.82. The first kappa shape index (κ1) is 19.3. The Morgan fingerprint density at radius 1 is 1.15 bits per heavy atom. The number of anilines is 1. The van der Waals surface area contributed by atoms with Gasteiger partial charge in [-0.25, -0.2) is 0 Å². The van der Waals surface area contributed by atoms with Crippen LogP contribution in [-0.2, 0) is 12.8 Å². The molecule has 0 atom stereocenters. The molecule has 0 saturated carbocycles. The van der Waals surface area contributed by atoms with Crippen molar-refractivity contribution in [2.75, 3.05) is 12.4 Å². The van der Waals surface area contributed by atoms with E-state index in [1.54, 1.807) is 31.4 Å².